The third-order valence-electron chi connectivity index (χ3n) is 2.01. The molecule has 0 bridgehead atoms. The van der Waals surface area contributed by atoms with Crippen LogP contribution in [0.25, 0.3) is 0 Å². The highest BCUT2D eigenvalue weighted by Crippen LogP contribution is 2.23. The van der Waals surface area contributed by atoms with E-state index in [0.29, 0.717) is 0 Å². The summed E-state index contributed by atoms with van der Waals surface area (Å²) in [6, 6.07) is 0. The number of nitrogens with zero attached hydrogens (tertiary/aromatic N) is 2. The second-order valence-electron chi connectivity index (χ2n) is 3.01. The summed E-state index contributed by atoms with van der Waals surface area (Å²) in [5.41, 5.74) is 0.690. The van der Waals surface area contributed by atoms with Crippen LogP contribution in [0, 0.1) is 0 Å². The Balaban J connectivity index is 3.20. The van der Waals surface area contributed by atoms with Crippen molar-refractivity contribution in [1.29, 1.82) is 0 Å². The lowest BCUT2D eigenvalue weighted by atomic mass is 10.5. The topological polar surface area (TPSA) is 108 Å². The van der Waals surface area contributed by atoms with Gasteiger partial charge in [0, 0.05) is 13.1 Å². The first-order valence-corrected chi connectivity index (χ1v) is 7.04. The number of hydrogen-bond donors (Lipinski definition) is 2. The summed E-state index contributed by atoms with van der Waals surface area (Å²) in [6.07, 6.45) is 0. The van der Waals surface area contributed by atoms with Crippen LogP contribution in [0.1, 0.15) is 17.4 Å². The predicted molar refractivity (Wildman–Crippen MR) is 60.6 cm³/mol. The van der Waals surface area contributed by atoms with Gasteiger partial charge in [0.05, 0.1) is 12.1 Å². The highest BCUT2D eigenvalue weighted by molar-refractivity contribution is 7.91. The number of aromatic carboxylic acids is 1. The molecule has 1 aromatic heterocycles. The summed E-state index contributed by atoms with van der Waals surface area (Å²) >= 11 is 0.751. The first-order chi connectivity index (χ1) is 7.95. The number of rotatable bonds is 6. The lowest BCUT2D eigenvalue weighted by Gasteiger charge is -2.18. The Labute approximate surface area is 102 Å². The van der Waals surface area contributed by atoms with Crippen LogP contribution in [-0.4, -0.2) is 53.6 Å². The Bertz CT molecular complexity index is 496. The maximum absolute atomic E-state index is 12.1. The molecular formula is C8H12N2O5S2. The quantitative estimate of drug-likeness (QED) is 0.750. The minimum absolute atomic E-state index is 0.0736. The standard InChI is InChI=1S/C8H12N2O5S2/c1-2-10(3-4-11)17(14,15)8-6(7(12)13)9-5-16-8/h5,11H,2-4H2,1H3,(H,12,13). The van der Waals surface area contributed by atoms with Crippen molar-refractivity contribution < 1.29 is 23.4 Å². The van der Waals surface area contributed by atoms with Gasteiger partial charge in [0.15, 0.2) is 9.90 Å². The zero-order valence-electron chi connectivity index (χ0n) is 9.03. The van der Waals surface area contributed by atoms with E-state index in [1.54, 1.807) is 6.92 Å². The van der Waals surface area contributed by atoms with Gasteiger partial charge in [0.25, 0.3) is 10.0 Å². The van der Waals surface area contributed by atoms with Crippen molar-refractivity contribution in [3.05, 3.63) is 11.2 Å². The molecule has 17 heavy (non-hydrogen) atoms. The van der Waals surface area contributed by atoms with Crippen LogP contribution in [0.15, 0.2) is 9.72 Å². The van der Waals surface area contributed by atoms with Crippen LogP contribution in [0.5, 0.6) is 0 Å². The van der Waals surface area contributed by atoms with Crippen LogP contribution >= 0.6 is 11.3 Å². The molecule has 0 aliphatic carbocycles. The molecule has 0 aliphatic rings. The normalized spacial score (nSPS) is 11.9. The maximum Gasteiger partial charge on any atom is 0.356 e. The third kappa shape index (κ3) is 2.80. The molecule has 0 atom stereocenters. The van der Waals surface area contributed by atoms with E-state index in [2.05, 4.69) is 4.98 Å². The molecule has 9 heteroatoms. The van der Waals surface area contributed by atoms with E-state index in [9.17, 15) is 13.2 Å². The van der Waals surface area contributed by atoms with E-state index >= 15 is 0 Å². The van der Waals surface area contributed by atoms with Gasteiger partial charge in [-0.3, -0.25) is 0 Å². The Kier molecular flexibility index (Phi) is 4.57. The van der Waals surface area contributed by atoms with Gasteiger partial charge in [0.1, 0.15) is 0 Å². The van der Waals surface area contributed by atoms with Crippen molar-refractivity contribution in [2.24, 2.45) is 0 Å². The highest BCUT2D eigenvalue weighted by atomic mass is 32.2. The minimum Gasteiger partial charge on any atom is -0.476 e. The molecule has 2 N–H and O–H groups in total. The van der Waals surface area contributed by atoms with E-state index in [1.165, 1.54) is 5.51 Å². The number of likely N-dealkylation sites (N-methyl/N-ethyl adjacent to an activating group) is 1. The number of aliphatic hydroxyl groups excluding tert-OH is 1. The van der Waals surface area contributed by atoms with Gasteiger partial charge in [-0.2, -0.15) is 4.31 Å². The Hall–Kier alpha value is -1.03. The fourth-order valence-electron chi connectivity index (χ4n) is 1.24. The summed E-state index contributed by atoms with van der Waals surface area (Å²) in [7, 11) is -3.90. The smallest absolute Gasteiger partial charge is 0.356 e. The molecule has 0 unspecified atom stereocenters. The second-order valence-corrected chi connectivity index (χ2v) is 6.00. The molecule has 0 aliphatic heterocycles. The van der Waals surface area contributed by atoms with E-state index in [0.717, 1.165) is 15.6 Å². The van der Waals surface area contributed by atoms with Gasteiger partial charge in [0.2, 0.25) is 0 Å². The fourth-order valence-corrected chi connectivity index (χ4v) is 3.96. The molecular weight excluding hydrogens is 268 g/mol. The summed E-state index contributed by atoms with van der Waals surface area (Å²) in [5, 5.41) is 17.6. The summed E-state index contributed by atoms with van der Waals surface area (Å²) in [6.45, 7) is 1.36. The number of carbonyl (C=O) groups is 1. The van der Waals surface area contributed by atoms with Crippen molar-refractivity contribution in [1.82, 2.24) is 9.29 Å². The number of thiazole rings is 1. The molecule has 0 fully saturated rings. The monoisotopic (exact) mass is 280 g/mol. The molecule has 96 valence electrons. The Morgan fingerprint density at radius 3 is 2.71 bits per heavy atom. The van der Waals surface area contributed by atoms with Crippen LogP contribution in [0.2, 0.25) is 0 Å². The minimum atomic E-state index is -3.90. The van der Waals surface area contributed by atoms with Gasteiger partial charge in [-0.1, -0.05) is 6.92 Å². The zero-order chi connectivity index (χ0) is 13.1. The Morgan fingerprint density at radius 1 is 1.59 bits per heavy atom. The largest absolute Gasteiger partial charge is 0.476 e. The number of carboxylic acids is 1. The number of sulfonamides is 1. The summed E-state index contributed by atoms with van der Waals surface area (Å²) in [5.74, 6) is -1.38. The van der Waals surface area contributed by atoms with Crippen molar-refractivity contribution in [2.45, 2.75) is 11.1 Å². The third-order valence-corrected chi connectivity index (χ3v) is 5.34. The van der Waals surface area contributed by atoms with E-state index < -0.39 is 21.7 Å². The molecule has 1 aromatic rings. The average Bonchev–Trinajstić information content (AvgIpc) is 2.74. The summed E-state index contributed by atoms with van der Waals surface area (Å²) < 4.78 is 24.8. The van der Waals surface area contributed by atoms with Gasteiger partial charge in [-0.25, -0.2) is 18.2 Å². The summed E-state index contributed by atoms with van der Waals surface area (Å²) in [4.78, 5) is 14.3. The van der Waals surface area contributed by atoms with Gasteiger partial charge >= 0.3 is 5.97 Å². The molecule has 1 rings (SSSR count). The SMILES string of the molecule is CCN(CCO)S(=O)(=O)c1scnc1C(=O)O. The lowest BCUT2D eigenvalue weighted by Crippen LogP contribution is -2.33. The molecule has 0 radical (unpaired) electrons. The van der Waals surface area contributed by atoms with Crippen LogP contribution in [0.4, 0.5) is 0 Å². The first-order valence-electron chi connectivity index (χ1n) is 4.73. The van der Waals surface area contributed by atoms with Crippen LogP contribution in [-0.2, 0) is 10.0 Å². The van der Waals surface area contributed by atoms with Crippen molar-refractivity contribution in [2.75, 3.05) is 19.7 Å². The number of carboxylic acid groups (broad SMARTS) is 1. The maximum atomic E-state index is 12.1. The fraction of sp³-hybridized carbons (Fsp3) is 0.500. The zero-order valence-corrected chi connectivity index (χ0v) is 10.7. The van der Waals surface area contributed by atoms with Gasteiger partial charge < -0.3 is 10.2 Å². The van der Waals surface area contributed by atoms with Crippen molar-refractivity contribution in [3.63, 3.8) is 0 Å². The van der Waals surface area contributed by atoms with Crippen LogP contribution < -0.4 is 0 Å². The second kappa shape index (κ2) is 5.54. The molecule has 0 saturated carbocycles. The number of aromatic nitrogens is 1. The van der Waals surface area contributed by atoms with Gasteiger partial charge in [-0.05, 0) is 0 Å². The Morgan fingerprint density at radius 2 is 2.24 bits per heavy atom. The number of aliphatic hydroxyl groups is 1. The van der Waals surface area contributed by atoms with Crippen molar-refractivity contribution in [3.8, 4) is 0 Å². The highest BCUT2D eigenvalue weighted by Gasteiger charge is 2.30. The molecule has 0 saturated heterocycles. The molecule has 1 heterocycles. The van der Waals surface area contributed by atoms with Crippen LogP contribution in [0.3, 0.4) is 0 Å². The van der Waals surface area contributed by atoms with Crippen molar-refractivity contribution >= 4 is 27.3 Å². The van der Waals surface area contributed by atoms with E-state index in [-0.39, 0.29) is 23.9 Å². The van der Waals surface area contributed by atoms with Gasteiger partial charge in [-0.15, -0.1) is 11.3 Å². The van der Waals surface area contributed by atoms with E-state index in [4.69, 9.17) is 10.2 Å². The predicted octanol–water partition coefficient (Wildman–Crippen LogP) is -0.156. The first kappa shape index (κ1) is 14.0. The number of hydrogen-bond acceptors (Lipinski definition) is 6. The molecule has 0 aromatic carbocycles. The molecule has 0 amide bonds. The average molecular weight is 280 g/mol. The van der Waals surface area contributed by atoms with E-state index in [1.807, 2.05) is 0 Å². The molecule has 7 nitrogen and oxygen atoms in total. The molecule has 0 spiro atoms. The lowest BCUT2D eigenvalue weighted by molar-refractivity contribution is 0.0687.